The average Bonchev–Trinajstić information content (AvgIpc) is 2.13. The monoisotopic (exact) mass is 263 g/mol. The SMILES string of the molecule is C=C(C)C(=O)CC[N+](C)(C)CCC=S(=O)=O.[OH-]. The van der Waals surface area contributed by atoms with E-state index in [-0.39, 0.29) is 11.3 Å². The zero-order chi connectivity index (χ0) is 12.8. The first kappa shape index (κ1) is 18.4. The second kappa shape index (κ2) is 8.16. The summed E-state index contributed by atoms with van der Waals surface area (Å²) in [5, 5.41) is 1.25. The molecule has 1 N–H and O–H groups in total. The van der Waals surface area contributed by atoms with Crippen LogP contribution in [0.1, 0.15) is 19.8 Å². The van der Waals surface area contributed by atoms with Crippen LogP contribution in [-0.2, 0) is 15.1 Å². The van der Waals surface area contributed by atoms with E-state index in [2.05, 4.69) is 6.58 Å². The molecule has 5 nitrogen and oxygen atoms in total. The van der Waals surface area contributed by atoms with Crippen LogP contribution in [-0.4, -0.2) is 56.7 Å². The first-order valence-corrected chi connectivity index (χ1v) is 6.30. The fraction of sp³-hybridized carbons (Fsp3) is 0.636. The second-order valence-corrected chi connectivity index (χ2v) is 5.41. The molecular formula is C11H21NO4S. The predicted molar refractivity (Wildman–Crippen MR) is 67.8 cm³/mol. The Morgan fingerprint density at radius 3 is 2.24 bits per heavy atom. The van der Waals surface area contributed by atoms with Gasteiger partial charge in [0.25, 0.3) is 0 Å². The number of Topliss-reactive ketones (excluding diaryl/α,β-unsaturated/α-hetero) is 1. The lowest BCUT2D eigenvalue weighted by atomic mass is 10.1. The van der Waals surface area contributed by atoms with Crippen LogP contribution in [0.2, 0.25) is 0 Å². The summed E-state index contributed by atoms with van der Waals surface area (Å²) in [6.07, 6.45) is 0.965. The Kier molecular flexibility index (Phi) is 8.83. The van der Waals surface area contributed by atoms with Gasteiger partial charge in [-0.1, -0.05) is 6.58 Å². The highest BCUT2D eigenvalue weighted by atomic mass is 32.2. The smallest absolute Gasteiger partial charge is 0.210 e. The number of rotatable bonds is 7. The van der Waals surface area contributed by atoms with Crippen molar-refractivity contribution in [3.05, 3.63) is 12.2 Å². The fourth-order valence-corrected chi connectivity index (χ4v) is 1.53. The third-order valence-electron chi connectivity index (χ3n) is 2.41. The lowest BCUT2D eigenvalue weighted by Gasteiger charge is -2.28. The van der Waals surface area contributed by atoms with Crippen LogP contribution in [0.15, 0.2) is 12.2 Å². The van der Waals surface area contributed by atoms with Gasteiger partial charge >= 0.3 is 0 Å². The number of quaternary nitrogens is 1. The van der Waals surface area contributed by atoms with Crippen molar-refractivity contribution >= 4 is 21.4 Å². The molecule has 100 valence electrons. The molecule has 0 amide bonds. The first-order valence-electron chi connectivity index (χ1n) is 5.17. The van der Waals surface area contributed by atoms with Gasteiger partial charge in [0.2, 0.25) is 10.3 Å². The Morgan fingerprint density at radius 2 is 1.82 bits per heavy atom. The van der Waals surface area contributed by atoms with Crippen molar-refractivity contribution in [1.82, 2.24) is 0 Å². The van der Waals surface area contributed by atoms with Crippen LogP contribution in [0.25, 0.3) is 0 Å². The van der Waals surface area contributed by atoms with Gasteiger partial charge in [0.05, 0.1) is 33.6 Å². The zero-order valence-electron chi connectivity index (χ0n) is 10.6. The molecule has 0 fully saturated rings. The van der Waals surface area contributed by atoms with Crippen molar-refractivity contribution < 1.29 is 23.2 Å². The minimum Gasteiger partial charge on any atom is -0.870 e. The van der Waals surface area contributed by atoms with Crippen LogP contribution < -0.4 is 0 Å². The number of carbonyl (C=O) groups is 1. The Labute approximate surface area is 104 Å². The molecule has 0 aromatic carbocycles. The molecule has 0 aromatic heterocycles. The van der Waals surface area contributed by atoms with E-state index >= 15 is 0 Å². The molecule has 0 saturated carbocycles. The molecule has 0 bridgehead atoms. The third-order valence-corrected chi connectivity index (χ3v) is 2.92. The van der Waals surface area contributed by atoms with E-state index < -0.39 is 10.3 Å². The minimum atomic E-state index is -2.09. The topological polar surface area (TPSA) is 81.2 Å². The van der Waals surface area contributed by atoms with Gasteiger partial charge in [-0.3, -0.25) is 4.79 Å². The third kappa shape index (κ3) is 9.92. The van der Waals surface area contributed by atoms with Gasteiger partial charge in [-0.25, -0.2) is 0 Å². The Morgan fingerprint density at radius 1 is 1.29 bits per heavy atom. The summed E-state index contributed by atoms with van der Waals surface area (Å²) in [5.41, 5.74) is 0.576. The largest absolute Gasteiger partial charge is 0.870 e. The van der Waals surface area contributed by atoms with E-state index in [1.165, 1.54) is 5.37 Å². The van der Waals surface area contributed by atoms with E-state index in [4.69, 9.17) is 0 Å². The van der Waals surface area contributed by atoms with Gasteiger partial charge in [0, 0.05) is 11.8 Å². The van der Waals surface area contributed by atoms with Crippen molar-refractivity contribution in [1.29, 1.82) is 0 Å². The maximum Gasteiger partial charge on any atom is 0.210 e. The van der Waals surface area contributed by atoms with Crippen molar-refractivity contribution in [3.63, 3.8) is 0 Å². The number of nitrogens with zero attached hydrogens (tertiary/aromatic N) is 1. The van der Waals surface area contributed by atoms with Crippen LogP contribution in [0.3, 0.4) is 0 Å². The Hall–Kier alpha value is -0.980. The quantitative estimate of drug-likeness (QED) is 0.380. The molecule has 0 aliphatic carbocycles. The summed E-state index contributed by atoms with van der Waals surface area (Å²) in [6, 6.07) is 0. The van der Waals surface area contributed by atoms with E-state index in [0.29, 0.717) is 36.0 Å². The maximum atomic E-state index is 11.4. The highest BCUT2D eigenvalue weighted by Gasteiger charge is 2.16. The van der Waals surface area contributed by atoms with Crippen LogP contribution in [0.5, 0.6) is 0 Å². The van der Waals surface area contributed by atoms with Crippen molar-refractivity contribution in [2.24, 2.45) is 0 Å². The van der Waals surface area contributed by atoms with Gasteiger partial charge in [-0.2, -0.15) is 8.42 Å². The molecule has 6 heteroatoms. The predicted octanol–water partition coefficient (Wildman–Crippen LogP) is 0.493. The van der Waals surface area contributed by atoms with E-state index in [0.717, 1.165) is 0 Å². The Balaban J connectivity index is 0. The first-order chi connectivity index (χ1) is 7.24. The van der Waals surface area contributed by atoms with Crippen LogP contribution in [0, 0.1) is 0 Å². The molecule has 0 spiro atoms. The lowest BCUT2D eigenvalue weighted by Crippen LogP contribution is -2.42. The summed E-state index contributed by atoms with van der Waals surface area (Å²) in [7, 11) is 1.87. The van der Waals surface area contributed by atoms with Gasteiger partial charge in [0.15, 0.2) is 5.78 Å². The summed E-state index contributed by atoms with van der Waals surface area (Å²) in [5.74, 6) is 0.0718. The molecule has 0 radical (unpaired) electrons. The molecule has 0 unspecified atom stereocenters. The number of hydrogen-bond acceptors (Lipinski definition) is 4. The number of allylic oxidation sites excluding steroid dienone is 1. The van der Waals surface area contributed by atoms with Crippen molar-refractivity contribution in [2.75, 3.05) is 27.2 Å². The maximum absolute atomic E-state index is 11.4. The van der Waals surface area contributed by atoms with Crippen LogP contribution in [0.4, 0.5) is 0 Å². The molecule has 0 atom stereocenters. The normalized spacial score (nSPS) is 10.3. The molecule has 0 saturated heterocycles. The van der Waals surface area contributed by atoms with Gasteiger partial charge in [-0.15, -0.1) is 0 Å². The minimum absolute atomic E-state index is 0. The zero-order valence-corrected chi connectivity index (χ0v) is 11.5. The molecule has 0 heterocycles. The second-order valence-electron chi connectivity index (χ2n) is 4.55. The van der Waals surface area contributed by atoms with Gasteiger partial charge in [0.1, 0.15) is 0 Å². The average molecular weight is 263 g/mol. The molecule has 0 aliphatic rings. The molecule has 0 aromatic rings. The number of carbonyl (C=O) groups excluding carboxylic acids is 1. The molecule has 0 aliphatic heterocycles. The summed E-state index contributed by atoms with van der Waals surface area (Å²) >= 11 is 0. The number of hydrogen-bond donors (Lipinski definition) is 0. The molecule has 0 rings (SSSR count). The summed E-state index contributed by atoms with van der Waals surface area (Å²) < 4.78 is 21.3. The fourth-order valence-electron chi connectivity index (χ4n) is 1.23. The van der Waals surface area contributed by atoms with E-state index in [1.54, 1.807) is 6.92 Å². The van der Waals surface area contributed by atoms with Gasteiger partial charge < -0.3 is 9.96 Å². The van der Waals surface area contributed by atoms with Gasteiger partial charge in [-0.05, 0) is 12.5 Å². The van der Waals surface area contributed by atoms with Crippen molar-refractivity contribution in [2.45, 2.75) is 19.8 Å². The molecule has 17 heavy (non-hydrogen) atoms. The van der Waals surface area contributed by atoms with Crippen LogP contribution >= 0.6 is 0 Å². The number of ketones is 1. The van der Waals surface area contributed by atoms with E-state index in [1.807, 2.05) is 14.1 Å². The molecular weight excluding hydrogens is 242 g/mol. The van der Waals surface area contributed by atoms with E-state index in [9.17, 15) is 13.2 Å². The summed E-state index contributed by atoms with van der Waals surface area (Å²) in [6.45, 7) is 6.71. The summed E-state index contributed by atoms with van der Waals surface area (Å²) in [4.78, 5) is 11.4. The highest BCUT2D eigenvalue weighted by molar-refractivity contribution is 7.71. The van der Waals surface area contributed by atoms with Crippen molar-refractivity contribution in [3.8, 4) is 0 Å². The highest BCUT2D eigenvalue weighted by Crippen LogP contribution is 2.04. The Bertz CT molecular complexity index is 388. The standard InChI is InChI=1S/C11H20NO3S.H2O/c1-10(2)11(13)6-8-12(3,4)7-5-9-16(14)15;/h9H,1,5-8H2,2-4H3;1H2/q+1;/p-1. The lowest BCUT2D eigenvalue weighted by molar-refractivity contribution is -0.888.